The molecule has 1 aliphatic heterocycles. The molecule has 1 aliphatic rings. The van der Waals surface area contributed by atoms with Crippen LogP contribution in [-0.4, -0.2) is 42.8 Å². The first-order valence-electron chi connectivity index (χ1n) is 10.9. The minimum absolute atomic E-state index is 0.0925. The van der Waals surface area contributed by atoms with Crippen molar-refractivity contribution in [2.45, 2.75) is 44.9 Å². The molecule has 7 nitrogen and oxygen atoms in total. The molecule has 2 unspecified atom stereocenters. The van der Waals surface area contributed by atoms with Gasteiger partial charge in [-0.2, -0.15) is 0 Å². The number of ether oxygens (including phenoxy) is 1. The van der Waals surface area contributed by atoms with Crippen LogP contribution in [0.4, 0.5) is 5.69 Å². The zero-order valence-corrected chi connectivity index (χ0v) is 18.0. The van der Waals surface area contributed by atoms with E-state index in [9.17, 15) is 9.90 Å². The Labute approximate surface area is 183 Å². The molecule has 7 heteroatoms. The fourth-order valence-corrected chi connectivity index (χ4v) is 3.44. The van der Waals surface area contributed by atoms with Crippen LogP contribution in [0.1, 0.15) is 43.4 Å². The standard InChI is InChI=1S/C24H32N4O3/c1-2-25-24(26-14-13-21(29)19-9-4-3-5-10-19)27-17-18-8-6-11-20(16-18)28-23(30)22-12-7-15-31-22/h3-6,8-11,16,21-22,29H,2,7,12-15,17H2,1H3,(H,28,30)(H2,25,26,27). The molecule has 2 atom stereocenters. The van der Waals surface area contributed by atoms with Gasteiger partial charge in [-0.3, -0.25) is 4.79 Å². The van der Waals surface area contributed by atoms with Crippen LogP contribution in [-0.2, 0) is 16.1 Å². The third kappa shape index (κ3) is 7.38. The highest BCUT2D eigenvalue weighted by atomic mass is 16.5. The first kappa shape index (κ1) is 22.8. The van der Waals surface area contributed by atoms with Crippen LogP contribution in [0, 0.1) is 0 Å². The number of aliphatic hydroxyl groups is 1. The number of rotatable bonds is 9. The molecule has 0 spiro atoms. The van der Waals surface area contributed by atoms with Crippen LogP contribution in [0.5, 0.6) is 0 Å². The SMILES string of the molecule is CCNC(=NCc1cccc(NC(=O)C2CCCO2)c1)NCCC(O)c1ccccc1. The number of aliphatic imine (C=N–C) groups is 1. The summed E-state index contributed by atoms with van der Waals surface area (Å²) in [5.74, 6) is 0.599. The Morgan fingerprint density at radius 2 is 2.03 bits per heavy atom. The maximum Gasteiger partial charge on any atom is 0.253 e. The van der Waals surface area contributed by atoms with E-state index in [0.29, 0.717) is 32.1 Å². The molecule has 4 N–H and O–H groups in total. The Bertz CT molecular complexity index is 851. The van der Waals surface area contributed by atoms with Crippen LogP contribution in [0.3, 0.4) is 0 Å². The summed E-state index contributed by atoms with van der Waals surface area (Å²) >= 11 is 0. The molecule has 0 aliphatic carbocycles. The second-order valence-electron chi connectivity index (χ2n) is 7.53. The number of benzene rings is 2. The molecule has 166 valence electrons. The lowest BCUT2D eigenvalue weighted by atomic mass is 10.1. The van der Waals surface area contributed by atoms with Crippen LogP contribution < -0.4 is 16.0 Å². The third-order valence-electron chi connectivity index (χ3n) is 5.08. The number of carbonyl (C=O) groups excluding carboxylic acids is 1. The molecule has 1 amide bonds. The van der Waals surface area contributed by atoms with Crippen molar-refractivity contribution in [1.82, 2.24) is 10.6 Å². The van der Waals surface area contributed by atoms with E-state index in [2.05, 4.69) is 20.9 Å². The summed E-state index contributed by atoms with van der Waals surface area (Å²) in [4.78, 5) is 16.9. The van der Waals surface area contributed by atoms with Gasteiger partial charge in [0.2, 0.25) is 0 Å². The fraction of sp³-hybridized carbons (Fsp3) is 0.417. The number of guanidine groups is 1. The number of anilines is 1. The minimum Gasteiger partial charge on any atom is -0.388 e. The predicted octanol–water partition coefficient (Wildman–Crippen LogP) is 2.98. The normalized spacial score (nSPS) is 17.2. The van der Waals surface area contributed by atoms with Crippen molar-refractivity contribution in [3.63, 3.8) is 0 Å². The third-order valence-corrected chi connectivity index (χ3v) is 5.08. The molecule has 0 radical (unpaired) electrons. The highest BCUT2D eigenvalue weighted by Gasteiger charge is 2.23. The maximum atomic E-state index is 12.2. The van der Waals surface area contributed by atoms with Gasteiger partial charge >= 0.3 is 0 Å². The van der Waals surface area contributed by atoms with Gasteiger partial charge in [-0.25, -0.2) is 4.99 Å². The lowest BCUT2D eigenvalue weighted by Crippen LogP contribution is -2.38. The topological polar surface area (TPSA) is 95.0 Å². The van der Waals surface area contributed by atoms with Gasteiger partial charge in [0, 0.05) is 25.4 Å². The average molecular weight is 425 g/mol. The first-order chi connectivity index (χ1) is 15.2. The van der Waals surface area contributed by atoms with Crippen molar-refractivity contribution in [2.75, 3.05) is 25.0 Å². The van der Waals surface area contributed by atoms with Crippen LogP contribution in [0.15, 0.2) is 59.6 Å². The Hall–Kier alpha value is -2.90. The van der Waals surface area contributed by atoms with E-state index >= 15 is 0 Å². The smallest absolute Gasteiger partial charge is 0.253 e. The monoisotopic (exact) mass is 424 g/mol. The highest BCUT2D eigenvalue weighted by Crippen LogP contribution is 2.17. The second-order valence-corrected chi connectivity index (χ2v) is 7.53. The molecule has 1 fully saturated rings. The molecular weight excluding hydrogens is 392 g/mol. The largest absolute Gasteiger partial charge is 0.388 e. The van der Waals surface area contributed by atoms with E-state index < -0.39 is 6.10 Å². The van der Waals surface area contributed by atoms with Crippen molar-refractivity contribution in [2.24, 2.45) is 4.99 Å². The number of nitrogens with one attached hydrogen (secondary N) is 3. The van der Waals surface area contributed by atoms with Gasteiger partial charge in [0.05, 0.1) is 12.6 Å². The summed E-state index contributed by atoms with van der Waals surface area (Å²) in [5, 5.41) is 19.7. The maximum absolute atomic E-state index is 12.2. The van der Waals surface area contributed by atoms with Gasteiger partial charge in [-0.1, -0.05) is 42.5 Å². The zero-order chi connectivity index (χ0) is 21.9. The number of carbonyl (C=O) groups is 1. The number of nitrogens with zero attached hydrogens (tertiary/aromatic N) is 1. The van der Waals surface area contributed by atoms with E-state index in [0.717, 1.165) is 36.2 Å². The summed E-state index contributed by atoms with van der Waals surface area (Å²) in [6.45, 7) is 4.47. The van der Waals surface area contributed by atoms with Gasteiger partial charge < -0.3 is 25.8 Å². The molecule has 0 aromatic heterocycles. The van der Waals surface area contributed by atoms with Crippen molar-refractivity contribution in [3.05, 3.63) is 65.7 Å². The lowest BCUT2D eigenvalue weighted by Gasteiger charge is -2.14. The van der Waals surface area contributed by atoms with Crippen molar-refractivity contribution in [1.29, 1.82) is 0 Å². The van der Waals surface area contributed by atoms with Crippen molar-refractivity contribution >= 4 is 17.6 Å². The molecule has 0 saturated carbocycles. The summed E-state index contributed by atoms with van der Waals surface area (Å²) in [6, 6.07) is 17.3. The van der Waals surface area contributed by atoms with Crippen LogP contribution in [0.25, 0.3) is 0 Å². The van der Waals surface area contributed by atoms with E-state index in [4.69, 9.17) is 4.74 Å². The first-order valence-corrected chi connectivity index (χ1v) is 10.9. The molecule has 0 bridgehead atoms. The Morgan fingerprint density at radius 3 is 2.77 bits per heavy atom. The predicted molar refractivity (Wildman–Crippen MR) is 123 cm³/mol. The molecule has 2 aromatic carbocycles. The molecule has 3 rings (SSSR count). The van der Waals surface area contributed by atoms with Crippen LogP contribution >= 0.6 is 0 Å². The van der Waals surface area contributed by atoms with Gasteiger partial charge in [0.1, 0.15) is 6.10 Å². The quantitative estimate of drug-likeness (QED) is 0.367. The van der Waals surface area contributed by atoms with Crippen molar-refractivity contribution < 1.29 is 14.6 Å². The van der Waals surface area contributed by atoms with Crippen LogP contribution in [0.2, 0.25) is 0 Å². The highest BCUT2D eigenvalue weighted by molar-refractivity contribution is 5.94. The summed E-state index contributed by atoms with van der Waals surface area (Å²) in [5.41, 5.74) is 2.65. The number of hydrogen-bond donors (Lipinski definition) is 4. The molecule has 1 saturated heterocycles. The Balaban J connectivity index is 1.51. The average Bonchev–Trinajstić information content (AvgIpc) is 3.33. The van der Waals surface area contributed by atoms with E-state index in [1.807, 2.05) is 61.5 Å². The summed E-state index contributed by atoms with van der Waals surface area (Å²) in [7, 11) is 0. The Morgan fingerprint density at radius 1 is 1.19 bits per heavy atom. The molecule has 1 heterocycles. The number of aliphatic hydroxyl groups excluding tert-OH is 1. The lowest BCUT2D eigenvalue weighted by molar-refractivity contribution is -0.124. The summed E-state index contributed by atoms with van der Waals surface area (Å²) in [6.07, 6.45) is 1.42. The van der Waals surface area contributed by atoms with Gasteiger partial charge in [-0.05, 0) is 49.4 Å². The van der Waals surface area contributed by atoms with Crippen molar-refractivity contribution in [3.8, 4) is 0 Å². The van der Waals surface area contributed by atoms with E-state index in [1.54, 1.807) is 0 Å². The van der Waals surface area contributed by atoms with E-state index in [-0.39, 0.29) is 12.0 Å². The second kappa shape index (κ2) is 12.1. The van der Waals surface area contributed by atoms with Gasteiger partial charge in [0.15, 0.2) is 5.96 Å². The van der Waals surface area contributed by atoms with Gasteiger partial charge in [-0.15, -0.1) is 0 Å². The zero-order valence-electron chi connectivity index (χ0n) is 18.0. The number of hydrogen-bond acceptors (Lipinski definition) is 4. The molecule has 2 aromatic rings. The minimum atomic E-state index is -0.513. The number of amides is 1. The Kier molecular flexibility index (Phi) is 8.87. The fourth-order valence-electron chi connectivity index (χ4n) is 3.44. The summed E-state index contributed by atoms with van der Waals surface area (Å²) < 4.78 is 5.44. The van der Waals surface area contributed by atoms with Gasteiger partial charge in [0.25, 0.3) is 5.91 Å². The molecular formula is C24H32N4O3. The van der Waals surface area contributed by atoms with E-state index in [1.165, 1.54) is 0 Å². The molecule has 31 heavy (non-hydrogen) atoms.